The molecule has 2 aliphatic rings. The van der Waals surface area contributed by atoms with E-state index in [1.54, 1.807) is 0 Å². The second-order valence-corrected chi connectivity index (χ2v) is 9.51. The van der Waals surface area contributed by atoms with Crippen molar-refractivity contribution in [2.45, 2.75) is 35.7 Å². The van der Waals surface area contributed by atoms with E-state index < -0.39 is 0 Å². The Hall–Kier alpha value is -0.950. The maximum atomic E-state index is 8.93. The van der Waals surface area contributed by atoms with Crippen LogP contribution in [-0.2, 0) is 4.74 Å². The molecular formula is C23H30Cl2N2O2S. The zero-order valence-electron chi connectivity index (χ0n) is 17.3. The van der Waals surface area contributed by atoms with Gasteiger partial charge in [0.1, 0.15) is 0 Å². The molecule has 164 valence electrons. The molecule has 2 heterocycles. The third kappa shape index (κ3) is 5.64. The molecule has 0 spiro atoms. The molecule has 2 aromatic carbocycles. The monoisotopic (exact) mass is 468 g/mol. The lowest BCUT2D eigenvalue weighted by atomic mass is 10.0. The molecule has 7 heteroatoms. The number of nitrogens with zero attached hydrogens (tertiary/aromatic N) is 2. The summed E-state index contributed by atoms with van der Waals surface area (Å²) in [5.41, 5.74) is 2.49. The first-order valence-electron chi connectivity index (χ1n) is 10.4. The molecule has 1 saturated heterocycles. The van der Waals surface area contributed by atoms with Crippen LogP contribution in [-0.4, -0.2) is 55.5 Å². The van der Waals surface area contributed by atoms with Crippen molar-refractivity contribution in [2.24, 2.45) is 5.92 Å². The topological polar surface area (TPSA) is 35.9 Å². The van der Waals surface area contributed by atoms with Gasteiger partial charge in [-0.15, -0.1) is 12.4 Å². The van der Waals surface area contributed by atoms with Crippen LogP contribution in [0.15, 0.2) is 52.3 Å². The SMILES string of the molecule is CC(CN1CCC(OCCO)CC1)CN1c2ccccc2Sc2ccc(Cl)cc21.Cl. The maximum absolute atomic E-state index is 8.93. The predicted molar refractivity (Wildman–Crippen MR) is 128 cm³/mol. The van der Waals surface area contributed by atoms with E-state index >= 15 is 0 Å². The highest BCUT2D eigenvalue weighted by Crippen LogP contribution is 2.48. The molecule has 30 heavy (non-hydrogen) atoms. The third-order valence-electron chi connectivity index (χ3n) is 5.63. The van der Waals surface area contributed by atoms with E-state index in [0.717, 1.165) is 44.0 Å². The molecule has 0 bridgehead atoms. The minimum Gasteiger partial charge on any atom is -0.394 e. The van der Waals surface area contributed by atoms with Crippen LogP contribution in [0.5, 0.6) is 0 Å². The summed E-state index contributed by atoms with van der Waals surface area (Å²) in [7, 11) is 0. The van der Waals surface area contributed by atoms with Crippen LogP contribution in [0.4, 0.5) is 11.4 Å². The van der Waals surface area contributed by atoms with Crippen molar-refractivity contribution in [1.82, 2.24) is 4.90 Å². The summed E-state index contributed by atoms with van der Waals surface area (Å²) >= 11 is 8.16. The molecule has 0 radical (unpaired) electrons. The van der Waals surface area contributed by atoms with E-state index in [9.17, 15) is 0 Å². The van der Waals surface area contributed by atoms with Crippen LogP contribution in [0, 0.1) is 5.92 Å². The van der Waals surface area contributed by atoms with E-state index in [0.29, 0.717) is 18.6 Å². The van der Waals surface area contributed by atoms with Crippen molar-refractivity contribution in [1.29, 1.82) is 0 Å². The molecule has 4 nitrogen and oxygen atoms in total. The van der Waals surface area contributed by atoms with Gasteiger partial charge in [0.05, 0.1) is 30.7 Å². The average Bonchev–Trinajstić information content (AvgIpc) is 2.73. The minimum atomic E-state index is 0. The van der Waals surface area contributed by atoms with Crippen LogP contribution in [0.3, 0.4) is 0 Å². The normalized spacial score (nSPS) is 17.8. The van der Waals surface area contributed by atoms with Gasteiger partial charge in [0.2, 0.25) is 0 Å². The zero-order chi connectivity index (χ0) is 20.2. The van der Waals surface area contributed by atoms with E-state index in [1.807, 2.05) is 17.8 Å². The van der Waals surface area contributed by atoms with Crippen LogP contribution in [0.2, 0.25) is 5.02 Å². The molecule has 0 aliphatic carbocycles. The molecule has 1 fully saturated rings. The Balaban J connectivity index is 0.00000256. The Morgan fingerprint density at radius 2 is 1.83 bits per heavy atom. The van der Waals surface area contributed by atoms with Gasteiger partial charge in [-0.2, -0.15) is 0 Å². The van der Waals surface area contributed by atoms with Crippen LogP contribution < -0.4 is 4.90 Å². The second kappa shape index (κ2) is 11.1. The Bertz CT molecular complexity index is 831. The molecule has 1 unspecified atom stereocenters. The van der Waals surface area contributed by atoms with Crippen molar-refractivity contribution in [3.63, 3.8) is 0 Å². The number of para-hydroxylation sites is 1. The quantitative estimate of drug-likeness (QED) is 0.582. The number of hydrogen-bond acceptors (Lipinski definition) is 5. The van der Waals surface area contributed by atoms with Gasteiger partial charge < -0.3 is 19.6 Å². The maximum Gasteiger partial charge on any atom is 0.0701 e. The zero-order valence-corrected chi connectivity index (χ0v) is 19.7. The summed E-state index contributed by atoms with van der Waals surface area (Å²) in [5, 5.41) is 9.71. The van der Waals surface area contributed by atoms with Crippen molar-refractivity contribution in [3.05, 3.63) is 47.5 Å². The highest BCUT2D eigenvalue weighted by Gasteiger charge is 2.26. The predicted octanol–water partition coefficient (Wildman–Crippen LogP) is 5.47. The highest BCUT2D eigenvalue weighted by atomic mass is 35.5. The largest absolute Gasteiger partial charge is 0.394 e. The molecule has 0 aromatic heterocycles. The third-order valence-corrected chi connectivity index (χ3v) is 7.00. The number of anilines is 2. The number of piperidine rings is 1. The standard InChI is InChI=1S/C23H29ClN2O2S.ClH/c1-17(15-25-10-8-19(9-11-25)28-13-12-27)16-26-20-4-2-3-5-22(20)29-23-7-6-18(24)14-21(23)26;/h2-7,14,17,19,27H,8-13,15-16H2,1H3;1H. The number of fused-ring (bicyclic) bond motifs is 2. The van der Waals surface area contributed by atoms with E-state index in [2.05, 4.69) is 53.1 Å². The summed E-state index contributed by atoms with van der Waals surface area (Å²) in [6.45, 7) is 7.07. The van der Waals surface area contributed by atoms with Crippen LogP contribution >= 0.6 is 35.8 Å². The average molecular weight is 469 g/mol. The molecule has 1 atom stereocenters. The number of ether oxygens (including phenoxy) is 1. The van der Waals surface area contributed by atoms with Gasteiger partial charge in [0.15, 0.2) is 0 Å². The van der Waals surface area contributed by atoms with Crippen LogP contribution in [0.1, 0.15) is 19.8 Å². The molecule has 4 rings (SSSR count). The second-order valence-electron chi connectivity index (χ2n) is 7.99. The van der Waals surface area contributed by atoms with Gasteiger partial charge in [-0.05, 0) is 49.1 Å². The summed E-state index contributed by atoms with van der Waals surface area (Å²) in [6, 6.07) is 14.8. The number of rotatable bonds is 7. The summed E-state index contributed by atoms with van der Waals surface area (Å²) in [4.78, 5) is 7.56. The van der Waals surface area contributed by atoms with Crippen molar-refractivity contribution >= 4 is 47.1 Å². The van der Waals surface area contributed by atoms with Crippen LogP contribution in [0.25, 0.3) is 0 Å². The molecule has 2 aliphatic heterocycles. The molecule has 0 amide bonds. The first-order valence-corrected chi connectivity index (χ1v) is 11.6. The number of benzene rings is 2. The fraction of sp³-hybridized carbons (Fsp3) is 0.478. The molecule has 1 N–H and O–H groups in total. The molecule has 0 saturated carbocycles. The van der Waals surface area contributed by atoms with E-state index in [4.69, 9.17) is 21.4 Å². The number of hydrogen-bond donors (Lipinski definition) is 1. The van der Waals surface area contributed by atoms with E-state index in [1.165, 1.54) is 21.2 Å². The minimum absolute atomic E-state index is 0. The molecular weight excluding hydrogens is 439 g/mol. The number of aliphatic hydroxyl groups excluding tert-OH is 1. The lowest BCUT2D eigenvalue weighted by molar-refractivity contribution is -0.00942. The number of halogens is 2. The van der Waals surface area contributed by atoms with Crippen molar-refractivity contribution < 1.29 is 9.84 Å². The highest BCUT2D eigenvalue weighted by molar-refractivity contribution is 7.99. The fourth-order valence-electron chi connectivity index (χ4n) is 4.29. The smallest absolute Gasteiger partial charge is 0.0701 e. The Labute approximate surface area is 194 Å². The first kappa shape index (κ1) is 23.7. The van der Waals surface area contributed by atoms with E-state index in [-0.39, 0.29) is 19.0 Å². The summed E-state index contributed by atoms with van der Waals surface area (Å²) in [5.74, 6) is 0.521. The first-order chi connectivity index (χ1) is 14.1. The van der Waals surface area contributed by atoms with Gasteiger partial charge >= 0.3 is 0 Å². The lowest BCUT2D eigenvalue weighted by Gasteiger charge is -2.37. The van der Waals surface area contributed by atoms with Gasteiger partial charge in [-0.25, -0.2) is 0 Å². The van der Waals surface area contributed by atoms with Gasteiger partial charge in [0, 0.05) is 41.0 Å². The number of aliphatic hydroxyl groups is 1. The van der Waals surface area contributed by atoms with Gasteiger partial charge in [0.25, 0.3) is 0 Å². The lowest BCUT2D eigenvalue weighted by Crippen LogP contribution is -2.41. The number of likely N-dealkylation sites (tertiary alicyclic amines) is 1. The Kier molecular flexibility index (Phi) is 8.75. The van der Waals surface area contributed by atoms with Crippen molar-refractivity contribution in [2.75, 3.05) is 44.3 Å². The van der Waals surface area contributed by atoms with Crippen molar-refractivity contribution in [3.8, 4) is 0 Å². The fourth-order valence-corrected chi connectivity index (χ4v) is 5.53. The summed E-state index contributed by atoms with van der Waals surface area (Å²) < 4.78 is 5.70. The molecule has 2 aromatic rings. The summed E-state index contributed by atoms with van der Waals surface area (Å²) in [6.07, 6.45) is 2.40. The Morgan fingerprint density at radius 3 is 2.60 bits per heavy atom. The van der Waals surface area contributed by atoms with Gasteiger partial charge in [-0.1, -0.05) is 42.4 Å². The Morgan fingerprint density at radius 1 is 1.10 bits per heavy atom. The van der Waals surface area contributed by atoms with Gasteiger partial charge in [-0.3, -0.25) is 0 Å².